The monoisotopic (exact) mass is 303 g/mol. The molecular weight excluding hydrogens is 274 g/mol. The van der Waals surface area contributed by atoms with E-state index in [-0.39, 0.29) is 0 Å². The van der Waals surface area contributed by atoms with Crippen LogP contribution in [0.15, 0.2) is 24.3 Å². The van der Waals surface area contributed by atoms with Crippen LogP contribution >= 0.6 is 0 Å². The molecule has 0 bridgehead atoms. The van der Waals surface area contributed by atoms with Crippen LogP contribution in [0, 0.1) is 6.92 Å². The molecule has 122 valence electrons. The molecule has 0 spiro atoms. The minimum absolute atomic E-state index is 0.316. The fraction of sp³-hybridized carbons (Fsp3) is 0.611. The third kappa shape index (κ3) is 5.02. The average Bonchev–Trinajstić information content (AvgIpc) is 2.54. The molecule has 1 fully saturated rings. The molecule has 1 aliphatic heterocycles. The van der Waals surface area contributed by atoms with Crippen LogP contribution in [0.25, 0.3) is 0 Å². The Kier molecular flexibility index (Phi) is 6.72. The normalized spacial score (nSPS) is 15.2. The van der Waals surface area contributed by atoms with Crippen LogP contribution in [0.3, 0.4) is 0 Å². The van der Waals surface area contributed by atoms with Crippen molar-refractivity contribution >= 4 is 11.6 Å². The number of anilines is 1. The molecule has 1 aromatic rings. The van der Waals surface area contributed by atoms with Crippen LogP contribution in [-0.2, 0) is 4.79 Å². The predicted octanol–water partition coefficient (Wildman–Crippen LogP) is 2.55. The van der Waals surface area contributed by atoms with E-state index >= 15 is 0 Å². The van der Waals surface area contributed by atoms with Gasteiger partial charge in [0.15, 0.2) is 0 Å². The lowest BCUT2D eigenvalue weighted by atomic mass is 10.1. The smallest absolute Gasteiger partial charge is 0.222 e. The molecule has 4 heteroatoms. The van der Waals surface area contributed by atoms with Crippen LogP contribution in [0.1, 0.15) is 37.7 Å². The molecule has 0 atom stereocenters. The summed E-state index contributed by atoms with van der Waals surface area (Å²) in [5, 5.41) is 0. The minimum atomic E-state index is 0.316. The highest BCUT2D eigenvalue weighted by Gasteiger charge is 2.20. The highest BCUT2D eigenvalue weighted by Crippen LogP contribution is 2.18. The summed E-state index contributed by atoms with van der Waals surface area (Å²) in [6, 6.07) is 8.59. The number of hydrogen-bond donors (Lipinski definition) is 1. The second-order valence-corrected chi connectivity index (χ2v) is 6.16. The van der Waals surface area contributed by atoms with Gasteiger partial charge in [0.2, 0.25) is 5.91 Å². The van der Waals surface area contributed by atoms with E-state index in [1.165, 1.54) is 11.3 Å². The van der Waals surface area contributed by atoms with Gasteiger partial charge in [0.25, 0.3) is 0 Å². The maximum absolute atomic E-state index is 12.2. The molecule has 0 aromatic heterocycles. The molecule has 0 aliphatic carbocycles. The van der Waals surface area contributed by atoms with Crippen LogP contribution in [0.4, 0.5) is 5.69 Å². The van der Waals surface area contributed by atoms with Gasteiger partial charge in [0.05, 0.1) is 0 Å². The first-order valence-electron chi connectivity index (χ1n) is 8.50. The van der Waals surface area contributed by atoms with Crippen molar-refractivity contribution in [2.24, 2.45) is 5.73 Å². The van der Waals surface area contributed by atoms with E-state index in [9.17, 15) is 4.79 Å². The molecule has 22 heavy (non-hydrogen) atoms. The SMILES string of the molecule is Cc1cccc(N2CCN(C(=O)CCCCCCN)CC2)c1. The Bertz CT molecular complexity index is 467. The Morgan fingerprint density at radius 1 is 1.09 bits per heavy atom. The number of carbonyl (C=O) groups is 1. The Morgan fingerprint density at radius 2 is 1.82 bits per heavy atom. The van der Waals surface area contributed by atoms with Crippen LogP contribution in [0.2, 0.25) is 0 Å². The van der Waals surface area contributed by atoms with Gasteiger partial charge in [-0.1, -0.05) is 25.0 Å². The molecule has 1 saturated heterocycles. The average molecular weight is 303 g/mol. The van der Waals surface area contributed by atoms with Crippen molar-refractivity contribution in [3.63, 3.8) is 0 Å². The van der Waals surface area contributed by atoms with Crippen molar-refractivity contribution in [1.29, 1.82) is 0 Å². The zero-order valence-corrected chi connectivity index (χ0v) is 13.8. The van der Waals surface area contributed by atoms with E-state index in [0.29, 0.717) is 12.3 Å². The highest BCUT2D eigenvalue weighted by molar-refractivity contribution is 5.76. The number of unbranched alkanes of at least 4 members (excludes halogenated alkanes) is 3. The summed E-state index contributed by atoms with van der Waals surface area (Å²) in [4.78, 5) is 16.6. The second-order valence-electron chi connectivity index (χ2n) is 6.16. The quantitative estimate of drug-likeness (QED) is 0.788. The lowest BCUT2D eigenvalue weighted by Gasteiger charge is -2.36. The summed E-state index contributed by atoms with van der Waals surface area (Å²) in [5.41, 5.74) is 8.04. The number of aryl methyl sites for hydroxylation is 1. The molecule has 1 heterocycles. The summed E-state index contributed by atoms with van der Waals surface area (Å²) in [6.45, 7) is 6.43. The van der Waals surface area contributed by atoms with Crippen molar-refractivity contribution < 1.29 is 4.79 Å². The molecule has 0 unspecified atom stereocenters. The first-order valence-corrected chi connectivity index (χ1v) is 8.50. The highest BCUT2D eigenvalue weighted by atomic mass is 16.2. The first-order chi connectivity index (χ1) is 10.7. The summed E-state index contributed by atoms with van der Waals surface area (Å²) in [7, 11) is 0. The zero-order valence-electron chi connectivity index (χ0n) is 13.8. The summed E-state index contributed by atoms with van der Waals surface area (Å²) in [5.74, 6) is 0.316. The molecule has 1 aromatic carbocycles. The Hall–Kier alpha value is -1.55. The number of benzene rings is 1. The van der Waals surface area contributed by atoms with E-state index in [1.54, 1.807) is 0 Å². The summed E-state index contributed by atoms with van der Waals surface area (Å²) < 4.78 is 0. The van der Waals surface area contributed by atoms with Crippen LogP contribution in [-0.4, -0.2) is 43.5 Å². The fourth-order valence-electron chi connectivity index (χ4n) is 2.97. The molecule has 4 nitrogen and oxygen atoms in total. The Balaban J connectivity index is 1.71. The maximum atomic E-state index is 12.2. The Labute approximate surface area is 134 Å². The van der Waals surface area contributed by atoms with Gasteiger partial charge in [-0.25, -0.2) is 0 Å². The van der Waals surface area contributed by atoms with Gasteiger partial charge in [-0.2, -0.15) is 0 Å². The van der Waals surface area contributed by atoms with Crippen molar-refractivity contribution in [3.8, 4) is 0 Å². The van der Waals surface area contributed by atoms with Gasteiger partial charge in [-0.15, -0.1) is 0 Å². The van der Waals surface area contributed by atoms with Crippen molar-refractivity contribution in [2.45, 2.75) is 39.0 Å². The van der Waals surface area contributed by atoms with Gasteiger partial charge in [0.1, 0.15) is 0 Å². The van der Waals surface area contributed by atoms with Gasteiger partial charge < -0.3 is 15.5 Å². The van der Waals surface area contributed by atoms with E-state index < -0.39 is 0 Å². The van der Waals surface area contributed by atoms with E-state index in [2.05, 4.69) is 36.1 Å². The number of piperazine rings is 1. The number of hydrogen-bond acceptors (Lipinski definition) is 3. The van der Waals surface area contributed by atoms with Gasteiger partial charge >= 0.3 is 0 Å². The molecule has 0 saturated carbocycles. The van der Waals surface area contributed by atoms with Crippen molar-refractivity contribution in [1.82, 2.24) is 4.90 Å². The van der Waals surface area contributed by atoms with Gasteiger partial charge in [-0.05, 0) is 44.0 Å². The third-order valence-electron chi connectivity index (χ3n) is 4.34. The summed E-state index contributed by atoms with van der Waals surface area (Å²) in [6.07, 6.45) is 5.02. The van der Waals surface area contributed by atoms with Gasteiger partial charge in [-0.3, -0.25) is 4.79 Å². The lowest BCUT2D eigenvalue weighted by molar-refractivity contribution is -0.131. The second kappa shape index (κ2) is 8.79. The molecule has 1 aliphatic rings. The molecule has 2 N–H and O–H groups in total. The largest absolute Gasteiger partial charge is 0.368 e. The Morgan fingerprint density at radius 3 is 2.50 bits per heavy atom. The molecular formula is C18H29N3O. The predicted molar refractivity (Wildman–Crippen MR) is 92.1 cm³/mol. The third-order valence-corrected chi connectivity index (χ3v) is 4.34. The molecule has 2 rings (SSSR count). The van der Waals surface area contributed by atoms with E-state index in [0.717, 1.165) is 58.4 Å². The first kappa shape index (κ1) is 16.8. The topological polar surface area (TPSA) is 49.6 Å². The van der Waals surface area contributed by atoms with E-state index in [1.807, 2.05) is 4.90 Å². The maximum Gasteiger partial charge on any atom is 0.222 e. The summed E-state index contributed by atoms with van der Waals surface area (Å²) >= 11 is 0. The minimum Gasteiger partial charge on any atom is -0.368 e. The van der Waals surface area contributed by atoms with Crippen LogP contribution < -0.4 is 10.6 Å². The van der Waals surface area contributed by atoms with Crippen molar-refractivity contribution in [3.05, 3.63) is 29.8 Å². The number of nitrogens with zero attached hydrogens (tertiary/aromatic N) is 2. The number of carbonyl (C=O) groups excluding carboxylic acids is 1. The van der Waals surface area contributed by atoms with Crippen LogP contribution in [0.5, 0.6) is 0 Å². The van der Waals surface area contributed by atoms with Gasteiger partial charge in [0, 0.05) is 38.3 Å². The standard InChI is InChI=1S/C18H29N3O/c1-16-7-6-8-17(15-16)20-11-13-21(14-12-20)18(22)9-4-2-3-5-10-19/h6-8,15H,2-5,9-14,19H2,1H3. The molecule has 0 radical (unpaired) electrons. The number of nitrogens with two attached hydrogens (primary N) is 1. The van der Waals surface area contributed by atoms with E-state index in [4.69, 9.17) is 5.73 Å². The number of rotatable bonds is 7. The number of amides is 1. The zero-order chi connectivity index (χ0) is 15.8. The lowest BCUT2D eigenvalue weighted by Crippen LogP contribution is -2.48. The molecule has 1 amide bonds. The van der Waals surface area contributed by atoms with Crippen molar-refractivity contribution in [2.75, 3.05) is 37.6 Å². The fourth-order valence-corrected chi connectivity index (χ4v) is 2.97.